The second-order valence-electron chi connectivity index (χ2n) is 5.24. The molecule has 0 radical (unpaired) electrons. The molecule has 0 saturated carbocycles. The van der Waals surface area contributed by atoms with Crippen molar-refractivity contribution in [2.45, 2.75) is 13.8 Å². The fourth-order valence-corrected chi connectivity index (χ4v) is 2.31. The number of fused-ring (bicyclic) bond motifs is 1. The van der Waals surface area contributed by atoms with Crippen LogP contribution in [-0.4, -0.2) is 21.7 Å². The Morgan fingerprint density at radius 3 is 2.35 bits per heavy atom. The van der Waals surface area contributed by atoms with Crippen molar-refractivity contribution in [2.75, 3.05) is 5.32 Å². The zero-order valence-corrected chi connectivity index (χ0v) is 12.8. The average Bonchev–Trinajstić information content (AvgIpc) is 2.54. The van der Waals surface area contributed by atoms with Crippen molar-refractivity contribution in [1.82, 2.24) is 9.97 Å². The number of nitrogens with one attached hydrogen (secondary N) is 1. The van der Waals surface area contributed by atoms with E-state index in [2.05, 4.69) is 15.3 Å². The molecule has 0 aliphatic carbocycles. The number of para-hydroxylation sites is 2. The first-order valence-corrected chi connectivity index (χ1v) is 7.20. The second kappa shape index (κ2) is 5.96. The average molecular weight is 305 g/mol. The number of anilines is 1. The Bertz CT molecular complexity index is 919. The van der Waals surface area contributed by atoms with Gasteiger partial charge in [-0.3, -0.25) is 9.59 Å². The molecule has 0 aliphatic rings. The van der Waals surface area contributed by atoms with Crippen LogP contribution in [-0.2, 0) is 0 Å². The van der Waals surface area contributed by atoms with Crippen molar-refractivity contribution >= 4 is 28.4 Å². The van der Waals surface area contributed by atoms with Gasteiger partial charge in [0.05, 0.1) is 16.7 Å². The van der Waals surface area contributed by atoms with Crippen molar-refractivity contribution in [3.8, 4) is 0 Å². The fraction of sp³-hybridized carbons (Fsp3) is 0.111. The Labute approximate surface area is 133 Å². The number of amides is 1. The van der Waals surface area contributed by atoms with Crippen molar-refractivity contribution in [3.05, 3.63) is 65.5 Å². The molecule has 5 nitrogen and oxygen atoms in total. The van der Waals surface area contributed by atoms with Crippen LogP contribution >= 0.6 is 0 Å². The van der Waals surface area contributed by atoms with E-state index in [0.29, 0.717) is 22.5 Å². The number of hydrogen-bond acceptors (Lipinski definition) is 4. The predicted molar refractivity (Wildman–Crippen MR) is 88.7 cm³/mol. The monoisotopic (exact) mass is 305 g/mol. The van der Waals surface area contributed by atoms with Crippen LogP contribution in [0.3, 0.4) is 0 Å². The summed E-state index contributed by atoms with van der Waals surface area (Å²) in [6.45, 7) is 3.24. The van der Waals surface area contributed by atoms with Gasteiger partial charge in [0.1, 0.15) is 5.69 Å². The molecule has 0 fully saturated rings. The van der Waals surface area contributed by atoms with Crippen molar-refractivity contribution < 1.29 is 9.59 Å². The number of aryl methyl sites for hydroxylation is 1. The van der Waals surface area contributed by atoms with E-state index >= 15 is 0 Å². The number of ketones is 1. The van der Waals surface area contributed by atoms with E-state index in [0.717, 1.165) is 5.52 Å². The van der Waals surface area contributed by atoms with E-state index in [9.17, 15) is 9.59 Å². The van der Waals surface area contributed by atoms with E-state index in [-0.39, 0.29) is 17.4 Å². The van der Waals surface area contributed by atoms with Crippen LogP contribution in [0.25, 0.3) is 11.0 Å². The van der Waals surface area contributed by atoms with Crippen LogP contribution < -0.4 is 5.32 Å². The third-order valence-electron chi connectivity index (χ3n) is 3.49. The Balaban J connectivity index is 1.93. The predicted octanol–water partition coefficient (Wildman–Crippen LogP) is 3.39. The Morgan fingerprint density at radius 2 is 1.65 bits per heavy atom. The quantitative estimate of drug-likeness (QED) is 0.753. The van der Waals surface area contributed by atoms with E-state index in [1.807, 2.05) is 24.3 Å². The lowest BCUT2D eigenvalue weighted by Gasteiger charge is -2.08. The van der Waals surface area contributed by atoms with E-state index in [4.69, 9.17) is 0 Å². The molecule has 0 aliphatic heterocycles. The highest BCUT2D eigenvalue weighted by molar-refractivity contribution is 6.05. The SMILES string of the molecule is CC(=O)c1cccc(NC(=O)c2nc3ccccc3nc2C)c1. The minimum absolute atomic E-state index is 0.0530. The minimum atomic E-state index is -0.346. The minimum Gasteiger partial charge on any atom is -0.321 e. The smallest absolute Gasteiger partial charge is 0.276 e. The molecule has 1 amide bonds. The highest BCUT2D eigenvalue weighted by Crippen LogP contribution is 2.15. The maximum atomic E-state index is 12.5. The topological polar surface area (TPSA) is 72.0 Å². The summed E-state index contributed by atoms with van der Waals surface area (Å²) >= 11 is 0. The molecule has 0 atom stereocenters. The van der Waals surface area contributed by atoms with Gasteiger partial charge in [0, 0.05) is 11.3 Å². The molecular formula is C18H15N3O2. The van der Waals surface area contributed by atoms with E-state index in [1.54, 1.807) is 31.2 Å². The summed E-state index contributed by atoms with van der Waals surface area (Å²) < 4.78 is 0. The first-order chi connectivity index (χ1) is 11.0. The van der Waals surface area contributed by atoms with Crippen molar-refractivity contribution in [2.24, 2.45) is 0 Å². The second-order valence-corrected chi connectivity index (χ2v) is 5.24. The van der Waals surface area contributed by atoms with Gasteiger partial charge in [-0.25, -0.2) is 9.97 Å². The highest BCUT2D eigenvalue weighted by Gasteiger charge is 2.14. The van der Waals surface area contributed by atoms with E-state index < -0.39 is 0 Å². The number of carbonyl (C=O) groups is 2. The summed E-state index contributed by atoms with van der Waals surface area (Å²) in [5.41, 5.74) is 3.35. The van der Waals surface area contributed by atoms with Crippen LogP contribution in [0.4, 0.5) is 5.69 Å². The number of nitrogens with zero attached hydrogens (tertiary/aromatic N) is 2. The number of benzene rings is 2. The lowest BCUT2D eigenvalue weighted by atomic mass is 10.1. The summed E-state index contributed by atoms with van der Waals surface area (Å²) in [4.78, 5) is 32.7. The lowest BCUT2D eigenvalue weighted by molar-refractivity contribution is 0.100. The maximum Gasteiger partial charge on any atom is 0.276 e. The van der Waals surface area contributed by atoms with Crippen LogP contribution in [0.5, 0.6) is 0 Å². The zero-order valence-electron chi connectivity index (χ0n) is 12.8. The van der Waals surface area contributed by atoms with Crippen molar-refractivity contribution in [3.63, 3.8) is 0 Å². The summed E-state index contributed by atoms with van der Waals surface area (Å²) in [5.74, 6) is -0.399. The summed E-state index contributed by atoms with van der Waals surface area (Å²) in [6.07, 6.45) is 0. The molecule has 0 spiro atoms. The van der Waals surface area contributed by atoms with Gasteiger partial charge in [-0.05, 0) is 38.1 Å². The summed E-state index contributed by atoms with van der Waals surface area (Å²) in [6, 6.07) is 14.2. The maximum absolute atomic E-state index is 12.5. The van der Waals surface area contributed by atoms with E-state index in [1.165, 1.54) is 6.92 Å². The Kier molecular flexibility index (Phi) is 3.85. The summed E-state index contributed by atoms with van der Waals surface area (Å²) in [5, 5.41) is 2.77. The Hall–Kier alpha value is -3.08. The third-order valence-corrected chi connectivity index (χ3v) is 3.49. The largest absolute Gasteiger partial charge is 0.321 e. The molecule has 1 N–H and O–H groups in total. The number of rotatable bonds is 3. The van der Waals surface area contributed by atoms with Gasteiger partial charge in [0.15, 0.2) is 5.78 Å². The van der Waals surface area contributed by atoms with Crippen LogP contribution in [0.2, 0.25) is 0 Å². The molecule has 1 aromatic heterocycles. The molecule has 5 heteroatoms. The van der Waals surface area contributed by atoms with Gasteiger partial charge < -0.3 is 5.32 Å². The molecular weight excluding hydrogens is 290 g/mol. The number of hydrogen-bond donors (Lipinski definition) is 1. The molecule has 2 aromatic carbocycles. The van der Waals surface area contributed by atoms with Gasteiger partial charge in [-0.1, -0.05) is 24.3 Å². The molecule has 0 unspecified atom stereocenters. The Morgan fingerprint density at radius 1 is 0.957 bits per heavy atom. The van der Waals surface area contributed by atoms with Gasteiger partial charge in [0.2, 0.25) is 0 Å². The summed E-state index contributed by atoms with van der Waals surface area (Å²) in [7, 11) is 0. The normalized spacial score (nSPS) is 10.5. The van der Waals surface area contributed by atoms with Crippen molar-refractivity contribution in [1.29, 1.82) is 0 Å². The highest BCUT2D eigenvalue weighted by atomic mass is 16.2. The van der Waals surface area contributed by atoms with Gasteiger partial charge in [0.25, 0.3) is 5.91 Å². The third kappa shape index (κ3) is 3.08. The van der Waals surface area contributed by atoms with Crippen LogP contribution in [0, 0.1) is 6.92 Å². The first kappa shape index (κ1) is 14.8. The standard InChI is InChI=1S/C18H15N3O2/c1-11-17(21-16-9-4-3-8-15(16)19-11)18(23)20-14-7-5-6-13(10-14)12(2)22/h3-10H,1-2H3,(H,20,23). The van der Waals surface area contributed by atoms with Gasteiger partial charge >= 0.3 is 0 Å². The molecule has 3 aromatic rings. The number of aromatic nitrogens is 2. The van der Waals surface area contributed by atoms with Gasteiger partial charge in [-0.2, -0.15) is 0 Å². The van der Waals surface area contributed by atoms with Gasteiger partial charge in [-0.15, -0.1) is 0 Å². The fourth-order valence-electron chi connectivity index (χ4n) is 2.31. The lowest BCUT2D eigenvalue weighted by Crippen LogP contribution is -2.16. The molecule has 3 rings (SSSR count). The molecule has 1 heterocycles. The van der Waals surface area contributed by atoms with Crippen LogP contribution in [0.1, 0.15) is 33.5 Å². The molecule has 0 bridgehead atoms. The zero-order chi connectivity index (χ0) is 16.4. The molecule has 0 saturated heterocycles. The number of carbonyl (C=O) groups excluding carboxylic acids is 2. The molecule has 23 heavy (non-hydrogen) atoms. The van der Waals surface area contributed by atoms with Crippen LogP contribution in [0.15, 0.2) is 48.5 Å². The first-order valence-electron chi connectivity index (χ1n) is 7.20. The molecule has 114 valence electrons. The number of Topliss-reactive ketones (excluding diaryl/α,β-unsaturated/α-hetero) is 1.